The second kappa shape index (κ2) is 6.19. The van der Waals surface area contributed by atoms with Crippen LogP contribution < -0.4 is 4.74 Å². The van der Waals surface area contributed by atoms with E-state index in [0.29, 0.717) is 12.8 Å². The number of nitrogens with zero attached hydrogens (tertiary/aromatic N) is 1. The summed E-state index contributed by atoms with van der Waals surface area (Å²) in [6, 6.07) is 5.70. The van der Waals surface area contributed by atoms with E-state index in [-0.39, 0.29) is 17.9 Å². The normalized spacial score (nSPS) is 10.8. The molecule has 1 rings (SSSR count). The minimum atomic E-state index is -1.18. The molecule has 1 aromatic carbocycles. The minimum Gasteiger partial charge on any atom is -0.491 e. The molecule has 0 fully saturated rings. The summed E-state index contributed by atoms with van der Waals surface area (Å²) in [5, 5.41) is 17.5. The molecule has 0 amide bonds. The van der Waals surface area contributed by atoms with Crippen molar-refractivity contribution in [3.05, 3.63) is 29.6 Å². The van der Waals surface area contributed by atoms with Gasteiger partial charge in [-0.25, -0.2) is 9.18 Å². The zero-order valence-corrected chi connectivity index (χ0v) is 10.9. The van der Waals surface area contributed by atoms with Crippen molar-refractivity contribution in [2.45, 2.75) is 26.7 Å². The molecule has 5 heteroatoms. The van der Waals surface area contributed by atoms with Gasteiger partial charge in [-0.3, -0.25) is 0 Å². The number of hydrogen-bond acceptors (Lipinski definition) is 3. The van der Waals surface area contributed by atoms with Crippen molar-refractivity contribution in [1.82, 2.24) is 0 Å². The molecule has 0 unspecified atom stereocenters. The Balaban J connectivity index is 2.51. The molecule has 19 heavy (non-hydrogen) atoms. The number of hydrogen-bond donors (Lipinski definition) is 1. The molecule has 0 spiro atoms. The van der Waals surface area contributed by atoms with Crippen LogP contribution in [0.2, 0.25) is 0 Å². The molecule has 0 bridgehead atoms. The van der Waals surface area contributed by atoms with Gasteiger partial charge in [-0.05, 0) is 44.9 Å². The number of carboxylic acid groups (broad SMARTS) is 1. The van der Waals surface area contributed by atoms with Crippen LogP contribution in [0.3, 0.4) is 0 Å². The molecule has 1 aromatic rings. The van der Waals surface area contributed by atoms with Crippen LogP contribution in [-0.2, 0) is 0 Å². The molecule has 0 aromatic heterocycles. The molecule has 0 aliphatic heterocycles. The predicted molar refractivity (Wildman–Crippen MR) is 67.5 cm³/mol. The SMILES string of the molecule is CC(C)(C#N)CCCOc1ccc(C(=O)O)cc1F. The molecule has 0 saturated heterocycles. The Bertz CT molecular complexity index is 506. The van der Waals surface area contributed by atoms with Crippen LogP contribution in [0.1, 0.15) is 37.0 Å². The first-order chi connectivity index (χ1) is 8.85. The van der Waals surface area contributed by atoms with Gasteiger partial charge in [-0.1, -0.05) is 0 Å². The zero-order chi connectivity index (χ0) is 14.5. The molecule has 0 atom stereocenters. The van der Waals surface area contributed by atoms with Crippen LogP contribution in [0.4, 0.5) is 4.39 Å². The summed E-state index contributed by atoms with van der Waals surface area (Å²) in [6.45, 7) is 3.94. The van der Waals surface area contributed by atoms with Gasteiger partial charge in [0.2, 0.25) is 0 Å². The van der Waals surface area contributed by atoms with Crippen molar-refractivity contribution >= 4 is 5.97 Å². The maximum Gasteiger partial charge on any atom is 0.335 e. The highest BCUT2D eigenvalue weighted by atomic mass is 19.1. The van der Waals surface area contributed by atoms with Gasteiger partial charge >= 0.3 is 5.97 Å². The van der Waals surface area contributed by atoms with Crippen LogP contribution in [0.25, 0.3) is 0 Å². The molecule has 0 aliphatic carbocycles. The summed E-state index contributed by atoms with van der Waals surface area (Å²) in [7, 11) is 0. The van der Waals surface area contributed by atoms with E-state index in [2.05, 4.69) is 6.07 Å². The van der Waals surface area contributed by atoms with Crippen LogP contribution in [0.5, 0.6) is 5.75 Å². The topological polar surface area (TPSA) is 70.3 Å². The predicted octanol–water partition coefficient (Wildman–Crippen LogP) is 3.23. The van der Waals surface area contributed by atoms with Crippen LogP contribution in [-0.4, -0.2) is 17.7 Å². The third-order valence-electron chi connectivity index (χ3n) is 2.69. The van der Waals surface area contributed by atoms with Crippen LogP contribution >= 0.6 is 0 Å². The summed E-state index contributed by atoms with van der Waals surface area (Å²) < 4.78 is 18.7. The van der Waals surface area contributed by atoms with Crippen molar-refractivity contribution in [3.8, 4) is 11.8 Å². The van der Waals surface area contributed by atoms with Gasteiger partial charge in [-0.15, -0.1) is 0 Å². The van der Waals surface area contributed by atoms with Crippen molar-refractivity contribution < 1.29 is 19.0 Å². The average Bonchev–Trinajstić information content (AvgIpc) is 2.36. The third-order valence-corrected chi connectivity index (χ3v) is 2.69. The Morgan fingerprint density at radius 1 is 1.53 bits per heavy atom. The fraction of sp³-hybridized carbons (Fsp3) is 0.429. The Hall–Kier alpha value is -2.09. The fourth-order valence-electron chi connectivity index (χ4n) is 1.50. The lowest BCUT2D eigenvalue weighted by Gasteiger charge is -2.15. The average molecular weight is 265 g/mol. The number of rotatable bonds is 6. The molecule has 0 saturated carbocycles. The number of carboxylic acids is 1. The lowest BCUT2D eigenvalue weighted by atomic mass is 9.90. The van der Waals surface area contributed by atoms with E-state index >= 15 is 0 Å². The molecular weight excluding hydrogens is 249 g/mol. The van der Waals surface area contributed by atoms with E-state index in [4.69, 9.17) is 15.1 Å². The number of ether oxygens (including phenoxy) is 1. The van der Waals surface area contributed by atoms with E-state index in [0.717, 1.165) is 6.07 Å². The lowest BCUT2D eigenvalue weighted by Crippen LogP contribution is -2.10. The van der Waals surface area contributed by atoms with Crippen LogP contribution in [0, 0.1) is 22.6 Å². The highest BCUT2D eigenvalue weighted by Crippen LogP contribution is 2.22. The van der Waals surface area contributed by atoms with E-state index in [1.54, 1.807) is 0 Å². The molecule has 0 heterocycles. The quantitative estimate of drug-likeness (QED) is 0.801. The minimum absolute atomic E-state index is 0.0276. The van der Waals surface area contributed by atoms with Gasteiger partial charge in [0.1, 0.15) is 0 Å². The summed E-state index contributed by atoms with van der Waals surface area (Å²) in [4.78, 5) is 10.6. The smallest absolute Gasteiger partial charge is 0.335 e. The molecule has 1 N–H and O–H groups in total. The van der Waals surface area contributed by atoms with Gasteiger partial charge in [0.25, 0.3) is 0 Å². The highest BCUT2D eigenvalue weighted by molar-refractivity contribution is 5.87. The van der Waals surface area contributed by atoms with E-state index in [1.807, 2.05) is 13.8 Å². The van der Waals surface area contributed by atoms with Gasteiger partial charge in [0.15, 0.2) is 11.6 Å². The van der Waals surface area contributed by atoms with E-state index < -0.39 is 17.2 Å². The summed E-state index contributed by atoms with van der Waals surface area (Å²) in [5.74, 6) is -1.85. The Kier molecular flexibility index (Phi) is 4.87. The molecular formula is C14H16FNO3. The van der Waals surface area contributed by atoms with Gasteiger partial charge < -0.3 is 9.84 Å². The first-order valence-corrected chi connectivity index (χ1v) is 5.92. The van der Waals surface area contributed by atoms with Crippen LogP contribution in [0.15, 0.2) is 18.2 Å². The first-order valence-electron chi connectivity index (χ1n) is 5.92. The summed E-state index contributed by atoms with van der Waals surface area (Å²) >= 11 is 0. The van der Waals surface area contributed by atoms with Gasteiger partial charge in [0, 0.05) is 0 Å². The molecule has 102 valence electrons. The summed E-state index contributed by atoms with van der Waals surface area (Å²) in [5.41, 5.74) is -0.537. The number of benzene rings is 1. The van der Waals surface area contributed by atoms with Crippen molar-refractivity contribution in [2.75, 3.05) is 6.61 Å². The summed E-state index contributed by atoms with van der Waals surface area (Å²) in [6.07, 6.45) is 1.28. The second-order valence-corrected chi connectivity index (χ2v) is 4.90. The van der Waals surface area contributed by atoms with Gasteiger partial charge in [0.05, 0.1) is 23.7 Å². The second-order valence-electron chi connectivity index (χ2n) is 4.90. The van der Waals surface area contributed by atoms with Gasteiger partial charge in [-0.2, -0.15) is 5.26 Å². The lowest BCUT2D eigenvalue weighted by molar-refractivity contribution is 0.0696. The zero-order valence-electron chi connectivity index (χ0n) is 10.9. The molecule has 0 radical (unpaired) electrons. The standard InChI is InChI=1S/C14H16FNO3/c1-14(2,9-16)6-3-7-19-12-5-4-10(13(17)18)8-11(12)15/h4-5,8H,3,6-7H2,1-2H3,(H,17,18). The van der Waals surface area contributed by atoms with E-state index in [1.165, 1.54) is 12.1 Å². The highest BCUT2D eigenvalue weighted by Gasteiger charge is 2.16. The number of nitriles is 1. The Morgan fingerprint density at radius 3 is 2.74 bits per heavy atom. The Morgan fingerprint density at radius 2 is 2.21 bits per heavy atom. The van der Waals surface area contributed by atoms with E-state index in [9.17, 15) is 9.18 Å². The number of carbonyl (C=O) groups is 1. The fourth-order valence-corrected chi connectivity index (χ4v) is 1.50. The maximum absolute atomic E-state index is 13.5. The van der Waals surface area contributed by atoms with Crippen molar-refractivity contribution in [2.24, 2.45) is 5.41 Å². The van der Waals surface area contributed by atoms with Crippen molar-refractivity contribution in [1.29, 1.82) is 5.26 Å². The van der Waals surface area contributed by atoms with Crippen molar-refractivity contribution in [3.63, 3.8) is 0 Å². The third kappa shape index (κ3) is 4.59. The number of halogens is 1. The Labute approximate surface area is 111 Å². The monoisotopic (exact) mass is 265 g/mol. The molecule has 4 nitrogen and oxygen atoms in total. The first kappa shape index (κ1) is 15.0. The maximum atomic E-state index is 13.5. The molecule has 0 aliphatic rings. The number of aromatic carboxylic acids is 1. The largest absolute Gasteiger partial charge is 0.491 e.